The van der Waals surface area contributed by atoms with Crippen molar-refractivity contribution in [3.63, 3.8) is 0 Å². The SMILES string of the molecule is CCNCCNC(=O)c1ccc(C)c(S(=O)(=O)NC2CCCC2)c1.Cl. The van der Waals surface area contributed by atoms with E-state index in [0.717, 1.165) is 32.2 Å². The number of amides is 1. The summed E-state index contributed by atoms with van der Waals surface area (Å²) in [5.41, 5.74) is 1.01. The number of benzene rings is 1. The minimum atomic E-state index is -3.60. The summed E-state index contributed by atoms with van der Waals surface area (Å²) in [6.45, 7) is 5.77. The lowest BCUT2D eigenvalue weighted by Gasteiger charge is -2.15. The first kappa shape index (κ1) is 21.9. The van der Waals surface area contributed by atoms with E-state index in [9.17, 15) is 13.2 Å². The molecule has 8 heteroatoms. The van der Waals surface area contributed by atoms with E-state index < -0.39 is 10.0 Å². The molecule has 3 N–H and O–H groups in total. The lowest BCUT2D eigenvalue weighted by molar-refractivity contribution is 0.0953. The topological polar surface area (TPSA) is 87.3 Å². The first-order chi connectivity index (χ1) is 11.4. The van der Waals surface area contributed by atoms with E-state index in [-0.39, 0.29) is 29.3 Å². The second-order valence-corrected chi connectivity index (χ2v) is 7.87. The molecule has 1 amide bonds. The van der Waals surface area contributed by atoms with E-state index in [1.165, 1.54) is 6.07 Å². The van der Waals surface area contributed by atoms with Crippen molar-refractivity contribution in [2.24, 2.45) is 0 Å². The summed E-state index contributed by atoms with van der Waals surface area (Å²) < 4.78 is 28.0. The van der Waals surface area contributed by atoms with Gasteiger partial charge in [0.1, 0.15) is 0 Å². The van der Waals surface area contributed by atoms with Crippen LogP contribution in [0.1, 0.15) is 48.5 Å². The molecule has 0 aliphatic heterocycles. The largest absolute Gasteiger partial charge is 0.351 e. The molecule has 0 radical (unpaired) electrons. The Hall–Kier alpha value is -1.15. The molecule has 1 aliphatic carbocycles. The van der Waals surface area contributed by atoms with Gasteiger partial charge in [0.2, 0.25) is 10.0 Å². The van der Waals surface area contributed by atoms with Crippen LogP contribution in [0.2, 0.25) is 0 Å². The molecule has 0 bridgehead atoms. The van der Waals surface area contributed by atoms with Gasteiger partial charge < -0.3 is 10.6 Å². The monoisotopic (exact) mass is 389 g/mol. The fourth-order valence-electron chi connectivity index (χ4n) is 2.90. The van der Waals surface area contributed by atoms with Crippen LogP contribution in [0.15, 0.2) is 23.1 Å². The molecule has 1 aromatic rings. The molecule has 1 aliphatic rings. The normalized spacial score (nSPS) is 15.0. The maximum absolute atomic E-state index is 12.6. The Morgan fingerprint density at radius 2 is 1.88 bits per heavy atom. The summed E-state index contributed by atoms with van der Waals surface area (Å²) in [7, 11) is -3.60. The van der Waals surface area contributed by atoms with Crippen LogP contribution in [-0.4, -0.2) is 40.0 Å². The molecule has 2 rings (SSSR count). The number of likely N-dealkylation sites (N-methyl/N-ethyl adjacent to an activating group) is 1. The molecule has 0 heterocycles. The molecule has 0 saturated heterocycles. The summed E-state index contributed by atoms with van der Waals surface area (Å²) in [5.74, 6) is -0.259. The summed E-state index contributed by atoms with van der Waals surface area (Å²) in [6, 6.07) is 4.82. The highest BCUT2D eigenvalue weighted by Gasteiger charge is 2.25. The predicted molar refractivity (Wildman–Crippen MR) is 102 cm³/mol. The van der Waals surface area contributed by atoms with Gasteiger partial charge in [-0.1, -0.05) is 25.8 Å². The van der Waals surface area contributed by atoms with Gasteiger partial charge in [0.05, 0.1) is 4.90 Å². The number of hydrogen-bond donors (Lipinski definition) is 3. The number of aryl methyl sites for hydroxylation is 1. The minimum Gasteiger partial charge on any atom is -0.351 e. The van der Waals surface area contributed by atoms with E-state index >= 15 is 0 Å². The second kappa shape index (κ2) is 10.1. The summed E-state index contributed by atoms with van der Waals surface area (Å²) in [5, 5.41) is 5.91. The molecule has 6 nitrogen and oxygen atoms in total. The molecular formula is C17H28ClN3O3S. The van der Waals surface area contributed by atoms with Crippen molar-refractivity contribution in [1.29, 1.82) is 0 Å². The van der Waals surface area contributed by atoms with Crippen LogP contribution >= 0.6 is 12.4 Å². The van der Waals surface area contributed by atoms with Crippen LogP contribution < -0.4 is 15.4 Å². The number of carbonyl (C=O) groups excluding carboxylic acids is 1. The lowest BCUT2D eigenvalue weighted by Crippen LogP contribution is -2.34. The van der Waals surface area contributed by atoms with Gasteiger partial charge in [-0.25, -0.2) is 13.1 Å². The number of nitrogens with one attached hydrogen (secondary N) is 3. The van der Waals surface area contributed by atoms with E-state index in [0.29, 0.717) is 24.2 Å². The van der Waals surface area contributed by atoms with Crippen LogP contribution in [0.4, 0.5) is 0 Å². The molecule has 0 unspecified atom stereocenters. The molecule has 1 saturated carbocycles. The zero-order valence-electron chi connectivity index (χ0n) is 14.8. The number of halogens is 1. The molecule has 25 heavy (non-hydrogen) atoms. The number of sulfonamides is 1. The molecule has 0 spiro atoms. The predicted octanol–water partition coefficient (Wildman–Crippen LogP) is 1.98. The zero-order valence-corrected chi connectivity index (χ0v) is 16.4. The Balaban J connectivity index is 0.00000312. The average molecular weight is 390 g/mol. The van der Waals surface area contributed by atoms with Crippen molar-refractivity contribution in [1.82, 2.24) is 15.4 Å². The van der Waals surface area contributed by atoms with Gasteiger partial charge in [-0.2, -0.15) is 0 Å². The molecule has 142 valence electrons. The molecule has 1 aromatic carbocycles. The maximum Gasteiger partial charge on any atom is 0.251 e. The second-order valence-electron chi connectivity index (χ2n) is 6.19. The van der Waals surface area contributed by atoms with Gasteiger partial charge in [0, 0.05) is 24.7 Å². The third kappa shape index (κ3) is 6.26. The van der Waals surface area contributed by atoms with E-state index in [2.05, 4.69) is 15.4 Å². The number of hydrogen-bond acceptors (Lipinski definition) is 4. The maximum atomic E-state index is 12.6. The first-order valence-electron chi connectivity index (χ1n) is 8.56. The van der Waals surface area contributed by atoms with Gasteiger partial charge in [0.25, 0.3) is 5.91 Å². The van der Waals surface area contributed by atoms with Gasteiger partial charge in [-0.15, -0.1) is 12.4 Å². The molecule has 0 atom stereocenters. The van der Waals surface area contributed by atoms with Crippen LogP contribution in [0, 0.1) is 6.92 Å². The smallest absolute Gasteiger partial charge is 0.251 e. The van der Waals surface area contributed by atoms with Crippen molar-refractivity contribution in [3.05, 3.63) is 29.3 Å². The third-order valence-corrected chi connectivity index (χ3v) is 5.92. The van der Waals surface area contributed by atoms with E-state index in [4.69, 9.17) is 0 Å². The molecular weight excluding hydrogens is 362 g/mol. The van der Waals surface area contributed by atoms with Gasteiger partial charge in [0.15, 0.2) is 0 Å². The quantitative estimate of drug-likeness (QED) is 0.593. The Bertz CT molecular complexity index is 674. The Kier molecular flexibility index (Phi) is 8.85. The Morgan fingerprint density at radius 3 is 2.52 bits per heavy atom. The fourth-order valence-corrected chi connectivity index (χ4v) is 4.48. The van der Waals surface area contributed by atoms with Gasteiger partial charge in [-0.05, 0) is 44.0 Å². The summed E-state index contributed by atoms with van der Waals surface area (Å²) in [4.78, 5) is 12.4. The van der Waals surface area contributed by atoms with Crippen LogP contribution in [0.5, 0.6) is 0 Å². The highest BCUT2D eigenvalue weighted by molar-refractivity contribution is 7.89. The molecule has 0 aromatic heterocycles. The Labute approximate surface area is 156 Å². The lowest BCUT2D eigenvalue weighted by atomic mass is 10.1. The molecule has 1 fully saturated rings. The van der Waals surface area contributed by atoms with Crippen LogP contribution in [0.3, 0.4) is 0 Å². The number of carbonyl (C=O) groups is 1. The third-order valence-electron chi connectivity index (χ3n) is 4.25. The van der Waals surface area contributed by atoms with Crippen molar-refractivity contribution in [2.75, 3.05) is 19.6 Å². The standard InChI is InChI=1S/C17H27N3O3S.ClH/c1-3-18-10-11-19-17(21)14-9-8-13(2)16(12-14)24(22,23)20-15-6-4-5-7-15;/h8-9,12,15,18,20H,3-7,10-11H2,1-2H3,(H,19,21);1H. The van der Waals surface area contributed by atoms with Crippen LogP contribution in [0.25, 0.3) is 0 Å². The average Bonchev–Trinajstić information content (AvgIpc) is 3.03. The summed E-state index contributed by atoms with van der Waals surface area (Å²) >= 11 is 0. The van der Waals surface area contributed by atoms with Gasteiger partial charge in [-0.3, -0.25) is 4.79 Å². The van der Waals surface area contributed by atoms with Crippen molar-refractivity contribution in [2.45, 2.75) is 50.5 Å². The minimum absolute atomic E-state index is 0. The highest BCUT2D eigenvalue weighted by atomic mass is 35.5. The van der Waals surface area contributed by atoms with Gasteiger partial charge >= 0.3 is 0 Å². The summed E-state index contributed by atoms with van der Waals surface area (Å²) in [6.07, 6.45) is 3.87. The van der Waals surface area contributed by atoms with Crippen LogP contribution in [-0.2, 0) is 10.0 Å². The highest BCUT2D eigenvalue weighted by Crippen LogP contribution is 2.22. The fraction of sp³-hybridized carbons (Fsp3) is 0.588. The van der Waals surface area contributed by atoms with E-state index in [1.54, 1.807) is 19.1 Å². The van der Waals surface area contributed by atoms with E-state index in [1.807, 2.05) is 6.92 Å². The first-order valence-corrected chi connectivity index (χ1v) is 10.0. The van der Waals surface area contributed by atoms with Crippen molar-refractivity contribution < 1.29 is 13.2 Å². The number of rotatable bonds is 8. The Morgan fingerprint density at radius 1 is 1.20 bits per heavy atom. The van der Waals surface area contributed by atoms with Crippen molar-refractivity contribution >= 4 is 28.3 Å². The van der Waals surface area contributed by atoms with Crippen molar-refractivity contribution in [3.8, 4) is 0 Å². The zero-order chi connectivity index (χ0) is 17.6.